The number of nitriles is 1. The fraction of sp³-hybridized carbons (Fsp3) is 0.533. The van der Waals surface area contributed by atoms with Gasteiger partial charge in [-0.25, -0.2) is 4.79 Å². The fourth-order valence-corrected chi connectivity index (χ4v) is 3.10. The lowest BCUT2D eigenvalue weighted by Gasteiger charge is -2.13. The third-order valence-electron chi connectivity index (χ3n) is 3.14. The minimum Gasteiger partial charge on any atom is -0.462 e. The van der Waals surface area contributed by atoms with Gasteiger partial charge in [0.15, 0.2) is 5.57 Å². The third-order valence-corrected chi connectivity index (χ3v) is 4.26. The van der Waals surface area contributed by atoms with Crippen molar-refractivity contribution in [2.24, 2.45) is 0 Å². The Morgan fingerprint density at radius 1 is 1.36 bits per heavy atom. The van der Waals surface area contributed by atoms with E-state index in [1.807, 2.05) is 24.8 Å². The standard InChI is InChI=1S/C15H21N3O3S/c1-5-17(6-2)10-12-13(19)18(7-3)14(22-12)11(9-16)15(20)21-8-4/h10H,5-8H2,1-4H3. The molecule has 0 bridgehead atoms. The molecule has 0 aliphatic rings. The van der Waals surface area contributed by atoms with E-state index in [1.54, 1.807) is 20.0 Å². The third kappa shape index (κ3) is 3.77. The lowest BCUT2D eigenvalue weighted by atomic mass is 10.3. The summed E-state index contributed by atoms with van der Waals surface area (Å²) < 4.78 is 7.20. The average Bonchev–Trinajstić information content (AvgIpc) is 2.81. The van der Waals surface area contributed by atoms with Crippen molar-refractivity contribution in [2.45, 2.75) is 34.2 Å². The second-order valence-corrected chi connectivity index (χ2v) is 5.41. The van der Waals surface area contributed by atoms with Crippen LogP contribution < -0.4 is 14.8 Å². The van der Waals surface area contributed by atoms with Gasteiger partial charge in [0.1, 0.15) is 15.3 Å². The minimum absolute atomic E-state index is 0.120. The molecule has 1 aromatic heterocycles. The van der Waals surface area contributed by atoms with E-state index in [2.05, 4.69) is 0 Å². The van der Waals surface area contributed by atoms with E-state index in [-0.39, 0.29) is 17.7 Å². The van der Waals surface area contributed by atoms with Crippen molar-refractivity contribution in [3.63, 3.8) is 0 Å². The van der Waals surface area contributed by atoms with Crippen LogP contribution in [0.2, 0.25) is 0 Å². The summed E-state index contributed by atoms with van der Waals surface area (Å²) in [5.41, 5.74) is -0.309. The van der Waals surface area contributed by atoms with Gasteiger partial charge in [-0.05, 0) is 27.7 Å². The van der Waals surface area contributed by atoms with Crippen LogP contribution in [-0.2, 0) is 16.1 Å². The summed E-state index contributed by atoms with van der Waals surface area (Å²) in [5, 5.41) is 9.25. The molecular formula is C15H21N3O3S. The number of nitrogens with zero attached hydrogens (tertiary/aromatic N) is 3. The number of rotatable bonds is 6. The SMILES string of the molecule is CCOC(=O)C(C#N)=c1sc(=CN(CC)CC)c(=O)n1CC. The van der Waals surface area contributed by atoms with Crippen LogP contribution in [0.1, 0.15) is 27.7 Å². The van der Waals surface area contributed by atoms with Crippen molar-refractivity contribution >= 4 is 29.1 Å². The topological polar surface area (TPSA) is 75.3 Å². The molecule has 0 fully saturated rings. The summed E-state index contributed by atoms with van der Waals surface area (Å²) in [6.07, 6.45) is 1.78. The van der Waals surface area contributed by atoms with E-state index in [4.69, 9.17) is 4.74 Å². The van der Waals surface area contributed by atoms with Gasteiger partial charge < -0.3 is 9.64 Å². The van der Waals surface area contributed by atoms with Crippen LogP contribution in [0.5, 0.6) is 0 Å². The van der Waals surface area contributed by atoms with Crippen LogP contribution in [0.25, 0.3) is 11.8 Å². The van der Waals surface area contributed by atoms with Gasteiger partial charge in [-0.15, -0.1) is 11.3 Å². The Labute approximate surface area is 133 Å². The van der Waals surface area contributed by atoms with Gasteiger partial charge in [-0.2, -0.15) is 5.26 Å². The Kier molecular flexibility index (Phi) is 6.86. The zero-order chi connectivity index (χ0) is 16.7. The van der Waals surface area contributed by atoms with Crippen molar-refractivity contribution in [2.75, 3.05) is 19.7 Å². The van der Waals surface area contributed by atoms with Crippen molar-refractivity contribution in [1.29, 1.82) is 5.26 Å². The fourth-order valence-electron chi connectivity index (χ4n) is 1.94. The molecule has 0 spiro atoms. The lowest BCUT2D eigenvalue weighted by molar-refractivity contribution is -0.136. The molecule has 0 radical (unpaired) electrons. The first-order chi connectivity index (χ1) is 10.5. The van der Waals surface area contributed by atoms with Crippen LogP contribution >= 0.6 is 11.3 Å². The number of thiazole rings is 1. The van der Waals surface area contributed by atoms with Crippen molar-refractivity contribution in [1.82, 2.24) is 9.47 Å². The molecule has 0 aromatic carbocycles. The number of ether oxygens (including phenoxy) is 1. The summed E-state index contributed by atoms with van der Waals surface area (Å²) in [7, 11) is 0. The largest absolute Gasteiger partial charge is 0.462 e. The highest BCUT2D eigenvalue weighted by Gasteiger charge is 2.16. The van der Waals surface area contributed by atoms with Gasteiger partial charge in [0.2, 0.25) is 0 Å². The van der Waals surface area contributed by atoms with Crippen molar-refractivity contribution in [3.05, 3.63) is 19.5 Å². The minimum atomic E-state index is -0.692. The summed E-state index contributed by atoms with van der Waals surface area (Å²) in [6.45, 7) is 9.61. The Morgan fingerprint density at radius 2 is 2.00 bits per heavy atom. The molecule has 0 aliphatic carbocycles. The molecule has 0 saturated carbocycles. The average molecular weight is 323 g/mol. The van der Waals surface area contributed by atoms with E-state index in [0.717, 1.165) is 24.4 Å². The van der Waals surface area contributed by atoms with Crippen LogP contribution in [-0.4, -0.2) is 35.1 Å². The maximum Gasteiger partial charge on any atom is 0.351 e. The van der Waals surface area contributed by atoms with E-state index >= 15 is 0 Å². The summed E-state index contributed by atoms with van der Waals surface area (Å²) in [5.74, 6) is -0.692. The number of carbonyl (C=O) groups is 1. The van der Waals surface area contributed by atoms with Gasteiger partial charge in [0.25, 0.3) is 5.56 Å². The first-order valence-corrected chi connectivity index (χ1v) is 8.12. The lowest BCUT2D eigenvalue weighted by Crippen LogP contribution is -2.33. The Bertz CT molecular complexity index is 736. The normalized spacial score (nSPS) is 12.8. The Morgan fingerprint density at radius 3 is 2.45 bits per heavy atom. The number of hydrogen-bond donors (Lipinski definition) is 0. The Balaban J connectivity index is 3.67. The van der Waals surface area contributed by atoms with Crippen LogP contribution in [0.4, 0.5) is 0 Å². The summed E-state index contributed by atoms with van der Waals surface area (Å²) in [6, 6.07) is 1.86. The molecule has 0 amide bonds. The molecule has 22 heavy (non-hydrogen) atoms. The maximum absolute atomic E-state index is 12.4. The number of carbonyl (C=O) groups excluding carboxylic acids is 1. The summed E-state index contributed by atoms with van der Waals surface area (Å²) in [4.78, 5) is 26.3. The molecular weight excluding hydrogens is 302 g/mol. The van der Waals surface area contributed by atoms with E-state index in [1.165, 1.54) is 4.57 Å². The molecule has 0 N–H and O–H groups in total. The smallest absolute Gasteiger partial charge is 0.351 e. The molecule has 6 nitrogen and oxygen atoms in total. The van der Waals surface area contributed by atoms with Gasteiger partial charge in [-0.3, -0.25) is 9.36 Å². The number of esters is 1. The highest BCUT2D eigenvalue weighted by atomic mass is 32.1. The van der Waals surface area contributed by atoms with Gasteiger partial charge in [-0.1, -0.05) is 0 Å². The Hall–Kier alpha value is -2.07. The number of aromatic nitrogens is 1. The summed E-state index contributed by atoms with van der Waals surface area (Å²) >= 11 is 1.15. The second kappa shape index (κ2) is 8.39. The monoisotopic (exact) mass is 323 g/mol. The second-order valence-electron chi connectivity index (χ2n) is 4.38. The highest BCUT2D eigenvalue weighted by molar-refractivity contribution is 7.07. The molecule has 1 aromatic rings. The van der Waals surface area contributed by atoms with E-state index < -0.39 is 5.97 Å². The maximum atomic E-state index is 12.4. The molecule has 0 atom stereocenters. The zero-order valence-corrected chi connectivity index (χ0v) is 14.2. The van der Waals surface area contributed by atoms with E-state index in [9.17, 15) is 14.9 Å². The first-order valence-electron chi connectivity index (χ1n) is 7.30. The van der Waals surface area contributed by atoms with Gasteiger partial charge in [0.05, 0.1) is 6.61 Å². The molecule has 0 aliphatic heterocycles. The van der Waals surface area contributed by atoms with Crippen molar-refractivity contribution in [3.8, 4) is 6.07 Å². The number of hydrogen-bond acceptors (Lipinski definition) is 6. The van der Waals surface area contributed by atoms with Crippen LogP contribution in [0, 0.1) is 11.3 Å². The predicted molar refractivity (Wildman–Crippen MR) is 86.5 cm³/mol. The van der Waals surface area contributed by atoms with Gasteiger partial charge >= 0.3 is 5.97 Å². The first kappa shape index (κ1) is 18.0. The predicted octanol–water partition coefficient (Wildman–Crippen LogP) is 0.247. The molecule has 0 saturated heterocycles. The van der Waals surface area contributed by atoms with E-state index in [0.29, 0.717) is 15.7 Å². The van der Waals surface area contributed by atoms with Gasteiger partial charge in [0, 0.05) is 25.8 Å². The zero-order valence-electron chi connectivity index (χ0n) is 13.4. The molecule has 120 valence electrons. The quantitative estimate of drug-likeness (QED) is 0.701. The van der Waals surface area contributed by atoms with Crippen LogP contribution in [0.15, 0.2) is 4.79 Å². The molecule has 0 unspecified atom stereocenters. The highest BCUT2D eigenvalue weighted by Crippen LogP contribution is 1.97. The molecule has 7 heteroatoms. The molecule has 1 heterocycles. The van der Waals surface area contributed by atoms with Crippen molar-refractivity contribution < 1.29 is 9.53 Å². The van der Waals surface area contributed by atoms with Crippen LogP contribution in [0.3, 0.4) is 0 Å². The molecule has 1 rings (SSSR count).